The van der Waals surface area contributed by atoms with Crippen LogP contribution < -0.4 is 11.1 Å². The number of benzene rings is 1. The number of rotatable bonds is 4. The van der Waals surface area contributed by atoms with Crippen molar-refractivity contribution in [2.24, 2.45) is 11.1 Å². The van der Waals surface area contributed by atoms with Gasteiger partial charge in [-0.25, -0.2) is 4.39 Å². The summed E-state index contributed by atoms with van der Waals surface area (Å²) in [6.07, 6.45) is 4.56. The molecule has 1 fully saturated rings. The number of nitrogens with one attached hydrogen (secondary N) is 1. The molecule has 0 spiro atoms. The molecule has 1 amide bonds. The van der Waals surface area contributed by atoms with Crippen molar-refractivity contribution in [3.8, 4) is 11.8 Å². The van der Waals surface area contributed by atoms with E-state index in [1.165, 1.54) is 24.6 Å². The average Bonchev–Trinajstić information content (AvgIpc) is 2.45. The molecule has 0 atom stereocenters. The van der Waals surface area contributed by atoms with Gasteiger partial charge >= 0.3 is 0 Å². The molecule has 3 nitrogen and oxygen atoms in total. The Balaban J connectivity index is 2.12. The second-order valence-corrected chi connectivity index (χ2v) is 5.59. The van der Waals surface area contributed by atoms with E-state index in [2.05, 4.69) is 24.1 Å². The van der Waals surface area contributed by atoms with E-state index >= 15 is 0 Å². The molecule has 0 bridgehead atoms. The van der Waals surface area contributed by atoms with Crippen LogP contribution in [0, 0.1) is 23.1 Å². The molecule has 3 N–H and O–H groups in total. The van der Waals surface area contributed by atoms with E-state index in [1.54, 1.807) is 0 Å². The Morgan fingerprint density at radius 3 is 2.81 bits per heavy atom. The first-order valence-electron chi connectivity index (χ1n) is 7.37. The topological polar surface area (TPSA) is 55.1 Å². The summed E-state index contributed by atoms with van der Waals surface area (Å²) < 4.78 is 13.4. The van der Waals surface area contributed by atoms with Crippen molar-refractivity contribution in [2.45, 2.75) is 32.6 Å². The van der Waals surface area contributed by atoms with Gasteiger partial charge in [0.05, 0.1) is 12.1 Å². The predicted octanol–water partition coefficient (Wildman–Crippen LogP) is 2.45. The molecule has 0 aliphatic heterocycles. The van der Waals surface area contributed by atoms with E-state index in [0.717, 1.165) is 19.3 Å². The number of halogens is 1. The van der Waals surface area contributed by atoms with Crippen LogP contribution in [-0.4, -0.2) is 19.0 Å². The summed E-state index contributed by atoms with van der Waals surface area (Å²) in [5.74, 6) is 4.81. The molecule has 0 radical (unpaired) electrons. The van der Waals surface area contributed by atoms with Gasteiger partial charge in [0.2, 0.25) is 0 Å². The Hall–Kier alpha value is -1.86. The van der Waals surface area contributed by atoms with Crippen LogP contribution in [0.5, 0.6) is 0 Å². The van der Waals surface area contributed by atoms with Crippen molar-refractivity contribution in [3.05, 3.63) is 35.1 Å². The maximum Gasteiger partial charge on any atom is 0.252 e. The maximum atomic E-state index is 13.4. The summed E-state index contributed by atoms with van der Waals surface area (Å²) in [7, 11) is 0. The van der Waals surface area contributed by atoms with Crippen LogP contribution in [-0.2, 0) is 0 Å². The summed E-state index contributed by atoms with van der Waals surface area (Å²) >= 11 is 0. The first-order valence-corrected chi connectivity index (χ1v) is 7.37. The van der Waals surface area contributed by atoms with Gasteiger partial charge in [-0.1, -0.05) is 25.2 Å². The number of nitrogens with two attached hydrogens (primary N) is 1. The Kier molecular flexibility index (Phi) is 4.98. The number of hydrogen-bond donors (Lipinski definition) is 2. The summed E-state index contributed by atoms with van der Waals surface area (Å²) in [5, 5.41) is 2.93. The molecular formula is C17H21FN2O. The monoisotopic (exact) mass is 288 g/mol. The lowest BCUT2D eigenvalue weighted by molar-refractivity contribution is 0.0849. The highest BCUT2D eigenvalue weighted by atomic mass is 19.1. The minimum absolute atomic E-state index is 0.206. The van der Waals surface area contributed by atoms with Gasteiger partial charge in [-0.15, -0.1) is 0 Å². The zero-order valence-electron chi connectivity index (χ0n) is 12.3. The van der Waals surface area contributed by atoms with Crippen LogP contribution in [0.1, 0.15) is 48.5 Å². The first-order chi connectivity index (χ1) is 10.1. The first kappa shape index (κ1) is 15.5. The fraction of sp³-hybridized carbons (Fsp3) is 0.471. The van der Waals surface area contributed by atoms with Crippen molar-refractivity contribution in [1.82, 2.24) is 5.32 Å². The van der Waals surface area contributed by atoms with Crippen LogP contribution in [0.15, 0.2) is 18.2 Å². The zero-order valence-corrected chi connectivity index (χ0v) is 12.3. The Morgan fingerprint density at radius 1 is 1.48 bits per heavy atom. The highest BCUT2D eigenvalue weighted by Crippen LogP contribution is 2.43. The largest absolute Gasteiger partial charge is 0.351 e. The fourth-order valence-corrected chi connectivity index (χ4v) is 2.65. The summed E-state index contributed by atoms with van der Waals surface area (Å²) in [4.78, 5) is 12.3. The molecule has 4 heteroatoms. The molecule has 0 unspecified atom stereocenters. The van der Waals surface area contributed by atoms with E-state index in [0.29, 0.717) is 12.1 Å². The van der Waals surface area contributed by atoms with Crippen LogP contribution in [0.4, 0.5) is 4.39 Å². The van der Waals surface area contributed by atoms with Gasteiger partial charge < -0.3 is 11.1 Å². The lowest BCUT2D eigenvalue weighted by Gasteiger charge is -2.41. The van der Waals surface area contributed by atoms with Crippen LogP contribution in [0.3, 0.4) is 0 Å². The van der Waals surface area contributed by atoms with Crippen molar-refractivity contribution < 1.29 is 9.18 Å². The standard InChI is InChI=1S/C17H21FN2O/c1-2-17(8-4-9-17)12-20-16(21)15-11-14(18)7-6-13(15)5-3-10-19/h6-7,11H,2,4,8-10,12,19H2,1H3,(H,20,21). The molecule has 0 saturated heterocycles. The predicted molar refractivity (Wildman–Crippen MR) is 81.2 cm³/mol. The highest BCUT2D eigenvalue weighted by Gasteiger charge is 2.35. The Morgan fingerprint density at radius 2 is 2.24 bits per heavy atom. The molecule has 0 aromatic heterocycles. The highest BCUT2D eigenvalue weighted by molar-refractivity contribution is 5.96. The van der Waals surface area contributed by atoms with Gasteiger partial charge in [-0.05, 0) is 42.9 Å². The molecule has 112 valence electrons. The molecule has 1 aromatic carbocycles. The molecule has 21 heavy (non-hydrogen) atoms. The van der Waals surface area contributed by atoms with Crippen molar-refractivity contribution in [2.75, 3.05) is 13.1 Å². The van der Waals surface area contributed by atoms with Crippen LogP contribution in [0.25, 0.3) is 0 Å². The van der Waals surface area contributed by atoms with Gasteiger partial charge in [0.25, 0.3) is 5.91 Å². The number of carbonyl (C=O) groups excluding carboxylic acids is 1. The number of hydrogen-bond acceptors (Lipinski definition) is 2. The molecule has 1 aromatic rings. The number of amides is 1. The Labute approximate surface area is 125 Å². The van der Waals surface area contributed by atoms with Crippen LogP contribution >= 0.6 is 0 Å². The van der Waals surface area contributed by atoms with E-state index in [1.807, 2.05) is 0 Å². The lowest BCUT2D eigenvalue weighted by Crippen LogP contribution is -2.41. The van der Waals surface area contributed by atoms with E-state index in [4.69, 9.17) is 5.73 Å². The van der Waals surface area contributed by atoms with Crippen molar-refractivity contribution >= 4 is 5.91 Å². The second-order valence-electron chi connectivity index (χ2n) is 5.59. The van der Waals surface area contributed by atoms with Gasteiger partial charge in [0, 0.05) is 12.1 Å². The minimum atomic E-state index is -0.438. The molecular weight excluding hydrogens is 267 g/mol. The van der Waals surface area contributed by atoms with Gasteiger partial charge in [-0.3, -0.25) is 4.79 Å². The molecule has 0 heterocycles. The molecule has 1 saturated carbocycles. The second kappa shape index (κ2) is 6.73. The third-order valence-corrected chi connectivity index (χ3v) is 4.34. The SMILES string of the molecule is CCC1(CNC(=O)c2cc(F)ccc2C#CCN)CCC1. The van der Waals surface area contributed by atoms with E-state index < -0.39 is 5.82 Å². The quantitative estimate of drug-likeness (QED) is 0.836. The molecule has 1 aliphatic carbocycles. The molecule has 2 rings (SSSR count). The van der Waals surface area contributed by atoms with Gasteiger partial charge in [-0.2, -0.15) is 0 Å². The summed E-state index contributed by atoms with van der Waals surface area (Å²) in [6, 6.07) is 4.05. The third-order valence-electron chi connectivity index (χ3n) is 4.34. The summed E-state index contributed by atoms with van der Waals surface area (Å²) in [5.41, 5.74) is 6.36. The maximum absolute atomic E-state index is 13.4. The van der Waals surface area contributed by atoms with Crippen molar-refractivity contribution in [1.29, 1.82) is 0 Å². The fourth-order valence-electron chi connectivity index (χ4n) is 2.65. The normalized spacial score (nSPS) is 15.6. The van der Waals surface area contributed by atoms with Gasteiger partial charge in [0.15, 0.2) is 0 Å². The smallest absolute Gasteiger partial charge is 0.252 e. The van der Waals surface area contributed by atoms with Crippen molar-refractivity contribution in [3.63, 3.8) is 0 Å². The van der Waals surface area contributed by atoms with E-state index in [-0.39, 0.29) is 23.4 Å². The minimum Gasteiger partial charge on any atom is -0.351 e. The third kappa shape index (κ3) is 3.62. The van der Waals surface area contributed by atoms with Gasteiger partial charge in [0.1, 0.15) is 5.82 Å². The average molecular weight is 288 g/mol. The lowest BCUT2D eigenvalue weighted by atomic mass is 9.67. The van der Waals surface area contributed by atoms with E-state index in [9.17, 15) is 9.18 Å². The Bertz CT molecular complexity index is 577. The number of carbonyl (C=O) groups is 1. The summed E-state index contributed by atoms with van der Waals surface area (Å²) in [6.45, 7) is 2.99. The zero-order chi connectivity index (χ0) is 15.3. The van der Waals surface area contributed by atoms with Crippen LogP contribution in [0.2, 0.25) is 0 Å². The molecule has 1 aliphatic rings.